The van der Waals surface area contributed by atoms with Crippen LogP contribution in [0.5, 0.6) is 0 Å². The fourth-order valence-electron chi connectivity index (χ4n) is 3.51. The minimum absolute atomic E-state index is 0.0315. The number of rotatable bonds is 0. The van der Waals surface area contributed by atoms with Gasteiger partial charge in [-0.15, -0.1) is 0 Å². The summed E-state index contributed by atoms with van der Waals surface area (Å²) in [5.74, 6) is 3.16. The average molecular weight is 150 g/mol. The molecule has 0 aromatic rings. The molecule has 0 amide bonds. The molecule has 0 spiro atoms. The van der Waals surface area contributed by atoms with Crippen LogP contribution in [0.15, 0.2) is 12.2 Å². The molecule has 2 saturated carbocycles. The fraction of sp³-hybridized carbons (Fsp3) is 0.800. The highest BCUT2D eigenvalue weighted by molar-refractivity contribution is 5.14. The summed E-state index contributed by atoms with van der Waals surface area (Å²) < 4.78 is 0. The molecule has 0 unspecified atom stereocenters. The Morgan fingerprint density at radius 3 is 3.00 bits per heavy atom. The Hall–Kier alpha value is -0.300. The lowest BCUT2D eigenvalue weighted by molar-refractivity contribution is 0.0746. The van der Waals surface area contributed by atoms with E-state index in [4.69, 9.17) is 0 Å². The first-order chi connectivity index (χ1) is 5.36. The molecule has 0 radical (unpaired) electrons. The number of fused-ring (bicyclic) bond motifs is 5. The van der Waals surface area contributed by atoms with Crippen LogP contribution < -0.4 is 0 Å². The van der Waals surface area contributed by atoms with Crippen molar-refractivity contribution in [2.75, 3.05) is 0 Å². The fourth-order valence-corrected chi connectivity index (χ4v) is 3.51. The Balaban J connectivity index is 1.94. The lowest BCUT2D eigenvalue weighted by Gasteiger charge is -2.27. The maximum atomic E-state index is 9.63. The van der Waals surface area contributed by atoms with E-state index in [1.807, 2.05) is 0 Å². The van der Waals surface area contributed by atoms with Gasteiger partial charge in [-0.2, -0.15) is 0 Å². The summed E-state index contributed by atoms with van der Waals surface area (Å²) in [7, 11) is 0. The van der Waals surface area contributed by atoms with Crippen LogP contribution in [0.25, 0.3) is 0 Å². The van der Waals surface area contributed by atoms with E-state index in [-0.39, 0.29) is 6.10 Å². The van der Waals surface area contributed by atoms with Gasteiger partial charge in [0.25, 0.3) is 0 Å². The van der Waals surface area contributed by atoms with Gasteiger partial charge in [-0.05, 0) is 42.9 Å². The van der Waals surface area contributed by atoms with Gasteiger partial charge in [0.15, 0.2) is 0 Å². The summed E-state index contributed by atoms with van der Waals surface area (Å²) >= 11 is 0. The maximum absolute atomic E-state index is 9.63. The molecule has 3 aliphatic rings. The van der Waals surface area contributed by atoms with Crippen molar-refractivity contribution in [3.8, 4) is 0 Å². The van der Waals surface area contributed by atoms with E-state index in [0.29, 0.717) is 5.92 Å². The monoisotopic (exact) mass is 150 g/mol. The van der Waals surface area contributed by atoms with Gasteiger partial charge in [-0.3, -0.25) is 0 Å². The minimum atomic E-state index is 0.0315. The van der Waals surface area contributed by atoms with Crippen LogP contribution in [-0.4, -0.2) is 11.2 Å². The van der Waals surface area contributed by atoms with Gasteiger partial charge in [0, 0.05) is 0 Å². The molecule has 5 atom stereocenters. The molecule has 3 rings (SSSR count). The minimum Gasteiger partial charge on any atom is -0.393 e. The van der Waals surface area contributed by atoms with Crippen LogP contribution in [0.3, 0.4) is 0 Å². The molecule has 60 valence electrons. The summed E-state index contributed by atoms with van der Waals surface area (Å²) in [4.78, 5) is 0. The third-order valence-corrected chi connectivity index (χ3v) is 3.97. The molecule has 0 aromatic carbocycles. The highest BCUT2D eigenvalue weighted by Crippen LogP contribution is 2.56. The molecule has 0 aliphatic heterocycles. The van der Waals surface area contributed by atoms with Gasteiger partial charge in [0.2, 0.25) is 0 Å². The molecule has 0 aromatic heterocycles. The zero-order valence-electron chi connectivity index (χ0n) is 6.61. The molecule has 3 aliphatic carbocycles. The van der Waals surface area contributed by atoms with Crippen molar-refractivity contribution in [2.45, 2.75) is 25.4 Å². The predicted octanol–water partition coefficient (Wildman–Crippen LogP) is 1.58. The second kappa shape index (κ2) is 1.89. The number of allylic oxidation sites excluding steroid dienone is 2. The summed E-state index contributed by atoms with van der Waals surface area (Å²) in [6.07, 6.45) is 8.38. The zero-order valence-corrected chi connectivity index (χ0v) is 6.61. The highest BCUT2D eigenvalue weighted by Gasteiger charge is 2.51. The molecular weight excluding hydrogens is 136 g/mol. The van der Waals surface area contributed by atoms with Crippen LogP contribution in [0, 0.1) is 23.7 Å². The topological polar surface area (TPSA) is 20.2 Å². The molecule has 2 bridgehead atoms. The van der Waals surface area contributed by atoms with Gasteiger partial charge in [-0.25, -0.2) is 0 Å². The average Bonchev–Trinajstić information content (AvgIpc) is 2.52. The normalized spacial score (nSPS) is 58.8. The summed E-state index contributed by atoms with van der Waals surface area (Å²) in [5, 5.41) is 9.63. The first kappa shape index (κ1) is 6.24. The summed E-state index contributed by atoms with van der Waals surface area (Å²) in [5.41, 5.74) is 0. The Bertz CT molecular complexity index is 209. The molecule has 11 heavy (non-hydrogen) atoms. The number of aliphatic hydroxyl groups is 1. The van der Waals surface area contributed by atoms with E-state index in [1.54, 1.807) is 0 Å². The lowest BCUT2D eigenvalue weighted by atomic mass is 9.80. The van der Waals surface area contributed by atoms with Crippen molar-refractivity contribution in [1.29, 1.82) is 0 Å². The van der Waals surface area contributed by atoms with Crippen molar-refractivity contribution in [3.05, 3.63) is 12.2 Å². The second-order valence-corrected chi connectivity index (χ2v) is 4.37. The second-order valence-electron chi connectivity index (χ2n) is 4.37. The maximum Gasteiger partial charge on any atom is 0.0577 e. The van der Waals surface area contributed by atoms with Crippen molar-refractivity contribution in [1.82, 2.24) is 0 Å². The van der Waals surface area contributed by atoms with E-state index >= 15 is 0 Å². The molecule has 0 saturated heterocycles. The first-order valence-electron chi connectivity index (χ1n) is 4.71. The van der Waals surface area contributed by atoms with Gasteiger partial charge >= 0.3 is 0 Å². The van der Waals surface area contributed by atoms with Crippen LogP contribution in [-0.2, 0) is 0 Å². The lowest BCUT2D eigenvalue weighted by Crippen LogP contribution is -2.27. The zero-order chi connectivity index (χ0) is 7.42. The third kappa shape index (κ3) is 0.652. The Kier molecular flexibility index (Phi) is 1.07. The predicted molar refractivity (Wildman–Crippen MR) is 43.0 cm³/mol. The van der Waals surface area contributed by atoms with E-state index in [9.17, 15) is 5.11 Å². The van der Waals surface area contributed by atoms with E-state index in [0.717, 1.165) is 24.2 Å². The Morgan fingerprint density at radius 2 is 2.09 bits per heavy atom. The summed E-state index contributed by atoms with van der Waals surface area (Å²) in [6.45, 7) is 0. The SMILES string of the molecule is O[C@@H]1C[C@H]2C[C@@H]1[C@@H]1C=CC[C@@H]21. The van der Waals surface area contributed by atoms with Crippen LogP contribution in [0.1, 0.15) is 19.3 Å². The van der Waals surface area contributed by atoms with Crippen molar-refractivity contribution >= 4 is 0 Å². The quantitative estimate of drug-likeness (QED) is 0.520. The summed E-state index contributed by atoms with van der Waals surface area (Å²) in [6, 6.07) is 0. The van der Waals surface area contributed by atoms with E-state index < -0.39 is 0 Å². The molecule has 0 heterocycles. The van der Waals surface area contributed by atoms with Crippen molar-refractivity contribution < 1.29 is 5.11 Å². The number of aliphatic hydroxyl groups excluding tert-OH is 1. The first-order valence-corrected chi connectivity index (χ1v) is 4.71. The van der Waals surface area contributed by atoms with Crippen LogP contribution >= 0.6 is 0 Å². The standard InChI is InChI=1S/C10H14O/c11-10-5-6-4-9(10)8-3-1-2-7(6)8/h1,3,6-11H,2,4-5H2/t6-,7+,8-,9-,10-/m1/s1. The Labute approximate surface area is 67.1 Å². The van der Waals surface area contributed by atoms with Gasteiger partial charge in [0.1, 0.15) is 0 Å². The van der Waals surface area contributed by atoms with E-state index in [1.165, 1.54) is 12.8 Å². The third-order valence-electron chi connectivity index (χ3n) is 3.97. The highest BCUT2D eigenvalue weighted by atomic mass is 16.3. The van der Waals surface area contributed by atoms with E-state index in [2.05, 4.69) is 12.2 Å². The van der Waals surface area contributed by atoms with Gasteiger partial charge in [0.05, 0.1) is 6.10 Å². The number of hydrogen-bond donors (Lipinski definition) is 1. The molecular formula is C10H14O. The largest absolute Gasteiger partial charge is 0.393 e. The van der Waals surface area contributed by atoms with Crippen LogP contribution in [0.4, 0.5) is 0 Å². The molecule has 2 fully saturated rings. The molecule has 1 nitrogen and oxygen atoms in total. The van der Waals surface area contributed by atoms with Crippen LogP contribution in [0.2, 0.25) is 0 Å². The number of hydrogen-bond acceptors (Lipinski definition) is 1. The smallest absolute Gasteiger partial charge is 0.0577 e. The Morgan fingerprint density at radius 1 is 1.18 bits per heavy atom. The van der Waals surface area contributed by atoms with Crippen molar-refractivity contribution in [3.63, 3.8) is 0 Å². The van der Waals surface area contributed by atoms with Gasteiger partial charge in [-0.1, -0.05) is 12.2 Å². The van der Waals surface area contributed by atoms with Crippen molar-refractivity contribution in [2.24, 2.45) is 23.7 Å². The van der Waals surface area contributed by atoms with Gasteiger partial charge < -0.3 is 5.11 Å². The molecule has 1 N–H and O–H groups in total. The molecule has 1 heteroatoms.